The highest BCUT2D eigenvalue weighted by Crippen LogP contribution is 2.18. The first-order chi connectivity index (χ1) is 6.37. The van der Waals surface area contributed by atoms with Crippen LogP contribution in [0.3, 0.4) is 0 Å². The molecule has 82 valence electrons. The van der Waals surface area contributed by atoms with Gasteiger partial charge in [-0.3, -0.25) is 4.79 Å². The summed E-state index contributed by atoms with van der Waals surface area (Å²) in [6.07, 6.45) is 1.18. The molecule has 3 N–H and O–H groups in total. The molecule has 0 saturated heterocycles. The third kappa shape index (κ3) is 4.07. The second kappa shape index (κ2) is 4.28. The summed E-state index contributed by atoms with van der Waals surface area (Å²) in [5.41, 5.74) is -0.0313. The first-order valence-electron chi connectivity index (χ1n) is 5.09. The average molecular weight is 200 g/mol. The lowest BCUT2D eigenvalue weighted by molar-refractivity contribution is -0.122. The Bertz CT molecular complexity index is 205. The van der Waals surface area contributed by atoms with E-state index in [9.17, 15) is 4.79 Å². The van der Waals surface area contributed by atoms with Crippen LogP contribution in [-0.4, -0.2) is 35.2 Å². The zero-order valence-corrected chi connectivity index (χ0v) is 9.13. The lowest BCUT2D eigenvalue weighted by atomic mass is 9.89. The molecule has 0 aliphatic heterocycles. The second-order valence-corrected chi connectivity index (χ2v) is 4.99. The molecular formula is C10H20N2O2. The van der Waals surface area contributed by atoms with E-state index in [2.05, 4.69) is 10.6 Å². The van der Waals surface area contributed by atoms with Gasteiger partial charge in [-0.15, -0.1) is 0 Å². The lowest BCUT2D eigenvalue weighted by Gasteiger charge is -2.32. The third-order valence-electron chi connectivity index (χ3n) is 2.26. The van der Waals surface area contributed by atoms with Crippen LogP contribution >= 0.6 is 0 Å². The van der Waals surface area contributed by atoms with Crippen LogP contribution in [0.5, 0.6) is 0 Å². The van der Waals surface area contributed by atoms with Crippen molar-refractivity contribution in [1.29, 1.82) is 0 Å². The molecule has 0 unspecified atom stereocenters. The molecule has 1 aliphatic rings. The number of amides is 1. The minimum atomic E-state index is -0.212. The first kappa shape index (κ1) is 11.5. The summed E-state index contributed by atoms with van der Waals surface area (Å²) in [6.45, 7) is 6.41. The number of aliphatic hydroxyl groups excluding tert-OH is 1. The van der Waals surface area contributed by atoms with Gasteiger partial charge in [0.1, 0.15) is 0 Å². The van der Waals surface area contributed by atoms with E-state index in [1.807, 2.05) is 20.8 Å². The predicted molar refractivity (Wildman–Crippen MR) is 54.9 cm³/mol. The Labute approximate surface area is 85.1 Å². The van der Waals surface area contributed by atoms with E-state index in [-0.39, 0.29) is 23.6 Å². The lowest BCUT2D eigenvalue weighted by Crippen LogP contribution is -2.51. The van der Waals surface area contributed by atoms with Crippen LogP contribution in [0.25, 0.3) is 0 Å². The molecule has 4 nitrogen and oxygen atoms in total. The Kier molecular flexibility index (Phi) is 3.50. The van der Waals surface area contributed by atoms with Gasteiger partial charge in [0, 0.05) is 11.6 Å². The molecular weight excluding hydrogens is 180 g/mol. The maximum absolute atomic E-state index is 11.3. The van der Waals surface area contributed by atoms with Gasteiger partial charge in [-0.1, -0.05) is 0 Å². The molecule has 4 heteroatoms. The molecule has 0 atom stereocenters. The quantitative estimate of drug-likeness (QED) is 0.601. The summed E-state index contributed by atoms with van der Waals surface area (Å²) in [5.74, 6) is 0.0109. The maximum Gasteiger partial charge on any atom is 0.234 e. The zero-order valence-electron chi connectivity index (χ0n) is 9.13. The van der Waals surface area contributed by atoms with Crippen LogP contribution < -0.4 is 10.6 Å². The van der Waals surface area contributed by atoms with Crippen LogP contribution in [0.1, 0.15) is 33.6 Å². The fraction of sp³-hybridized carbons (Fsp3) is 0.900. The first-order valence-corrected chi connectivity index (χ1v) is 5.09. The smallest absolute Gasteiger partial charge is 0.234 e. The van der Waals surface area contributed by atoms with Gasteiger partial charge in [0.2, 0.25) is 5.91 Å². The number of hydrogen-bond donors (Lipinski definition) is 3. The Morgan fingerprint density at radius 1 is 1.43 bits per heavy atom. The van der Waals surface area contributed by atoms with Gasteiger partial charge < -0.3 is 15.7 Å². The van der Waals surface area contributed by atoms with Crippen molar-refractivity contribution >= 4 is 5.91 Å². The van der Waals surface area contributed by atoms with E-state index in [1.54, 1.807) is 0 Å². The van der Waals surface area contributed by atoms with Gasteiger partial charge in [0.05, 0.1) is 12.6 Å². The summed E-state index contributed by atoms with van der Waals surface area (Å²) >= 11 is 0. The van der Waals surface area contributed by atoms with Crippen LogP contribution in [0.4, 0.5) is 0 Å². The topological polar surface area (TPSA) is 61.4 Å². The highest BCUT2D eigenvalue weighted by atomic mass is 16.3. The summed E-state index contributed by atoms with van der Waals surface area (Å²) in [5, 5.41) is 15.0. The fourth-order valence-corrected chi connectivity index (χ4v) is 1.33. The number of carbonyl (C=O) groups excluding carboxylic acids is 1. The molecule has 1 rings (SSSR count). The third-order valence-corrected chi connectivity index (χ3v) is 2.26. The maximum atomic E-state index is 11.3. The molecule has 1 fully saturated rings. The van der Waals surface area contributed by atoms with Gasteiger partial charge in [-0.05, 0) is 33.6 Å². The minimum absolute atomic E-state index is 0.0109. The van der Waals surface area contributed by atoms with Gasteiger partial charge in [-0.2, -0.15) is 0 Å². The highest BCUT2D eigenvalue weighted by Gasteiger charge is 2.28. The monoisotopic (exact) mass is 200 g/mol. The van der Waals surface area contributed by atoms with E-state index in [0.29, 0.717) is 19.4 Å². The molecule has 1 aliphatic carbocycles. The van der Waals surface area contributed by atoms with Gasteiger partial charge in [-0.25, -0.2) is 0 Å². The molecule has 0 spiro atoms. The van der Waals surface area contributed by atoms with Crippen LogP contribution in [-0.2, 0) is 4.79 Å². The van der Waals surface area contributed by atoms with Gasteiger partial charge in [0.15, 0.2) is 0 Å². The number of hydrogen-bond acceptors (Lipinski definition) is 3. The molecule has 0 heterocycles. The fourth-order valence-electron chi connectivity index (χ4n) is 1.33. The molecule has 0 radical (unpaired) electrons. The van der Waals surface area contributed by atoms with Crippen LogP contribution in [0.15, 0.2) is 0 Å². The normalized spacial score (nSPS) is 26.9. The van der Waals surface area contributed by atoms with E-state index in [1.165, 1.54) is 0 Å². The number of carbonyl (C=O) groups is 1. The Morgan fingerprint density at radius 2 is 2.00 bits per heavy atom. The molecule has 0 aromatic heterocycles. The minimum Gasteiger partial charge on any atom is -0.393 e. The van der Waals surface area contributed by atoms with Crippen molar-refractivity contribution in [1.82, 2.24) is 10.6 Å². The summed E-state index contributed by atoms with van der Waals surface area (Å²) in [4.78, 5) is 11.3. The summed E-state index contributed by atoms with van der Waals surface area (Å²) in [6, 6.07) is 0.180. The molecule has 14 heavy (non-hydrogen) atoms. The largest absolute Gasteiger partial charge is 0.393 e. The predicted octanol–water partition coefficient (Wildman–Crippen LogP) is 0.0140. The Balaban J connectivity index is 2.11. The average Bonchev–Trinajstić information content (AvgIpc) is 1.97. The van der Waals surface area contributed by atoms with E-state index in [4.69, 9.17) is 5.11 Å². The highest BCUT2D eigenvalue weighted by molar-refractivity contribution is 5.78. The molecule has 0 aromatic rings. The zero-order chi connectivity index (χ0) is 10.8. The van der Waals surface area contributed by atoms with Crippen molar-refractivity contribution in [3.8, 4) is 0 Å². The molecule has 0 aromatic carbocycles. The van der Waals surface area contributed by atoms with Crippen molar-refractivity contribution in [2.24, 2.45) is 0 Å². The molecule has 0 bridgehead atoms. The number of rotatable bonds is 3. The van der Waals surface area contributed by atoms with E-state index in [0.717, 1.165) is 0 Å². The molecule has 1 amide bonds. The number of nitrogens with one attached hydrogen (secondary N) is 2. The Hall–Kier alpha value is -0.610. The number of aliphatic hydroxyl groups is 1. The van der Waals surface area contributed by atoms with Crippen LogP contribution in [0, 0.1) is 0 Å². The van der Waals surface area contributed by atoms with Crippen molar-refractivity contribution in [2.45, 2.75) is 51.3 Å². The van der Waals surface area contributed by atoms with Gasteiger partial charge in [0.25, 0.3) is 0 Å². The van der Waals surface area contributed by atoms with Crippen molar-refractivity contribution < 1.29 is 9.90 Å². The van der Waals surface area contributed by atoms with Crippen LogP contribution in [0.2, 0.25) is 0 Å². The van der Waals surface area contributed by atoms with Crippen molar-refractivity contribution in [3.63, 3.8) is 0 Å². The standard InChI is InChI=1S/C10H20N2O2/c1-10(2,3)11-6-9(14)12-7-4-8(13)5-7/h7-8,11,13H,4-6H2,1-3H3,(H,12,14). The van der Waals surface area contributed by atoms with Crippen molar-refractivity contribution in [2.75, 3.05) is 6.54 Å². The van der Waals surface area contributed by atoms with Gasteiger partial charge >= 0.3 is 0 Å². The SMILES string of the molecule is CC(C)(C)NCC(=O)NC1CC(O)C1. The summed E-state index contributed by atoms with van der Waals surface area (Å²) < 4.78 is 0. The molecule has 1 saturated carbocycles. The van der Waals surface area contributed by atoms with E-state index < -0.39 is 0 Å². The van der Waals surface area contributed by atoms with E-state index >= 15 is 0 Å². The van der Waals surface area contributed by atoms with Crippen molar-refractivity contribution in [3.05, 3.63) is 0 Å². The Morgan fingerprint density at radius 3 is 2.43 bits per heavy atom. The second-order valence-electron chi connectivity index (χ2n) is 4.99. The summed E-state index contributed by atoms with van der Waals surface area (Å²) in [7, 11) is 0.